The molecule has 0 unspecified atom stereocenters. The van der Waals surface area contributed by atoms with Gasteiger partial charge in [-0.15, -0.1) is 21.5 Å². The number of halogens is 1. The Bertz CT molecular complexity index is 889. The summed E-state index contributed by atoms with van der Waals surface area (Å²) in [4.78, 5) is 27.2. The van der Waals surface area contributed by atoms with Gasteiger partial charge in [0.25, 0.3) is 5.91 Å². The zero-order valence-electron chi connectivity index (χ0n) is 15.3. The summed E-state index contributed by atoms with van der Waals surface area (Å²) in [5, 5.41) is 15.9. The second-order valence-corrected chi connectivity index (χ2v) is 9.29. The molecule has 1 saturated heterocycles. The Balaban J connectivity index is 1.40. The van der Waals surface area contributed by atoms with Gasteiger partial charge in [-0.25, -0.2) is 4.79 Å². The van der Waals surface area contributed by atoms with Crippen molar-refractivity contribution in [2.45, 2.75) is 26.2 Å². The van der Waals surface area contributed by atoms with Crippen molar-refractivity contribution in [2.75, 3.05) is 36.9 Å². The third-order valence-corrected chi connectivity index (χ3v) is 7.28. The average Bonchev–Trinajstić information content (AvgIpc) is 3.34. The first kappa shape index (κ1) is 19.6. The molecular weight excluding hydrogens is 422 g/mol. The SMILES string of the molecule is Cc1c(NC(=O)Nc2nnc(CC3CC3)s2)sc(C(=O)N2CCOCC2)c1Cl. The number of rotatable bonds is 5. The van der Waals surface area contributed by atoms with E-state index < -0.39 is 6.03 Å². The highest BCUT2D eigenvalue weighted by Crippen LogP contribution is 2.38. The van der Waals surface area contributed by atoms with Gasteiger partial charge < -0.3 is 9.64 Å². The molecule has 2 fully saturated rings. The number of carbonyl (C=O) groups is 2. The van der Waals surface area contributed by atoms with Crippen LogP contribution in [0.3, 0.4) is 0 Å². The summed E-state index contributed by atoms with van der Waals surface area (Å²) in [5.74, 6) is 0.580. The zero-order chi connectivity index (χ0) is 19.7. The Kier molecular flexibility index (Phi) is 5.81. The zero-order valence-corrected chi connectivity index (χ0v) is 17.7. The molecule has 3 heterocycles. The Labute approximate surface area is 175 Å². The molecule has 2 aromatic heterocycles. The molecule has 150 valence electrons. The van der Waals surface area contributed by atoms with Gasteiger partial charge in [-0.1, -0.05) is 22.9 Å². The van der Waals surface area contributed by atoms with Gasteiger partial charge in [0, 0.05) is 25.1 Å². The number of hydrogen-bond donors (Lipinski definition) is 2. The highest BCUT2D eigenvalue weighted by molar-refractivity contribution is 7.19. The fourth-order valence-corrected chi connectivity index (χ4v) is 5.11. The number of anilines is 2. The molecule has 0 aromatic carbocycles. The van der Waals surface area contributed by atoms with Crippen LogP contribution >= 0.6 is 34.3 Å². The van der Waals surface area contributed by atoms with Gasteiger partial charge in [-0.2, -0.15) is 0 Å². The number of amides is 3. The molecule has 0 atom stereocenters. The van der Waals surface area contributed by atoms with Crippen LogP contribution in [-0.4, -0.2) is 53.3 Å². The Hall–Kier alpha value is -1.75. The van der Waals surface area contributed by atoms with Crippen LogP contribution in [-0.2, 0) is 11.2 Å². The van der Waals surface area contributed by atoms with Crippen molar-refractivity contribution in [3.8, 4) is 0 Å². The molecule has 11 heteroatoms. The molecule has 28 heavy (non-hydrogen) atoms. The predicted molar refractivity (Wildman–Crippen MR) is 110 cm³/mol. The number of urea groups is 1. The Morgan fingerprint density at radius 1 is 1.21 bits per heavy atom. The van der Waals surface area contributed by atoms with Gasteiger partial charge in [0.2, 0.25) is 5.13 Å². The lowest BCUT2D eigenvalue weighted by molar-refractivity contribution is 0.0306. The molecule has 1 saturated carbocycles. The van der Waals surface area contributed by atoms with Gasteiger partial charge in [0.15, 0.2) is 0 Å². The topological polar surface area (TPSA) is 96.4 Å². The van der Waals surface area contributed by atoms with Crippen molar-refractivity contribution in [1.82, 2.24) is 15.1 Å². The number of thiophene rings is 1. The summed E-state index contributed by atoms with van der Waals surface area (Å²) >= 11 is 8.94. The monoisotopic (exact) mass is 441 g/mol. The lowest BCUT2D eigenvalue weighted by atomic mass is 10.3. The molecule has 0 spiro atoms. The number of aromatic nitrogens is 2. The summed E-state index contributed by atoms with van der Waals surface area (Å²) in [6, 6.07) is -0.430. The standard InChI is InChI=1S/C17H20ClN5O3S2/c1-9-12(18)13(15(24)23-4-6-26-7-5-23)28-14(9)19-16(25)20-17-22-21-11(27-17)8-10-2-3-10/h10H,2-8H2,1H3,(H2,19,20,22,25). The molecule has 2 aromatic rings. The van der Waals surface area contributed by atoms with Crippen molar-refractivity contribution < 1.29 is 14.3 Å². The van der Waals surface area contributed by atoms with Crippen molar-refractivity contribution in [2.24, 2.45) is 5.92 Å². The lowest BCUT2D eigenvalue weighted by Gasteiger charge is -2.26. The van der Waals surface area contributed by atoms with Crippen molar-refractivity contribution in [3.05, 3.63) is 20.5 Å². The number of ether oxygens (including phenoxy) is 1. The second-order valence-electron chi connectivity index (χ2n) is 6.83. The third-order valence-electron chi connectivity index (χ3n) is 4.64. The molecule has 2 N–H and O–H groups in total. The van der Waals surface area contributed by atoms with E-state index in [4.69, 9.17) is 16.3 Å². The summed E-state index contributed by atoms with van der Waals surface area (Å²) in [6.45, 7) is 3.89. The van der Waals surface area contributed by atoms with Gasteiger partial charge >= 0.3 is 6.03 Å². The van der Waals surface area contributed by atoms with E-state index in [-0.39, 0.29) is 5.91 Å². The largest absolute Gasteiger partial charge is 0.378 e. The minimum absolute atomic E-state index is 0.135. The van der Waals surface area contributed by atoms with Crippen LogP contribution in [0.2, 0.25) is 5.02 Å². The van der Waals surface area contributed by atoms with E-state index in [1.165, 1.54) is 35.5 Å². The van der Waals surface area contributed by atoms with Crippen LogP contribution in [0, 0.1) is 12.8 Å². The van der Waals surface area contributed by atoms with Gasteiger partial charge in [0.05, 0.1) is 18.2 Å². The first-order valence-electron chi connectivity index (χ1n) is 9.07. The first-order valence-corrected chi connectivity index (χ1v) is 11.1. The molecule has 1 aliphatic heterocycles. The maximum atomic E-state index is 12.7. The molecule has 0 bridgehead atoms. The van der Waals surface area contributed by atoms with Crippen molar-refractivity contribution in [1.29, 1.82) is 0 Å². The highest BCUT2D eigenvalue weighted by atomic mass is 35.5. The van der Waals surface area contributed by atoms with Crippen LogP contribution in [0.5, 0.6) is 0 Å². The minimum atomic E-state index is -0.430. The van der Waals surface area contributed by atoms with Gasteiger partial charge in [-0.05, 0) is 25.7 Å². The van der Waals surface area contributed by atoms with Crippen molar-refractivity contribution >= 4 is 56.3 Å². The quantitative estimate of drug-likeness (QED) is 0.738. The summed E-state index contributed by atoms with van der Waals surface area (Å²) < 4.78 is 5.28. The predicted octanol–water partition coefficient (Wildman–Crippen LogP) is 3.63. The molecule has 2 aliphatic rings. The number of morpholine rings is 1. The van der Waals surface area contributed by atoms with E-state index in [2.05, 4.69) is 20.8 Å². The van der Waals surface area contributed by atoms with Crippen LogP contribution in [0.25, 0.3) is 0 Å². The van der Waals surface area contributed by atoms with Crippen LogP contribution in [0.4, 0.5) is 14.9 Å². The molecule has 8 nitrogen and oxygen atoms in total. The van der Waals surface area contributed by atoms with Crippen LogP contribution < -0.4 is 10.6 Å². The fraction of sp³-hybridized carbons (Fsp3) is 0.529. The maximum absolute atomic E-state index is 12.7. The molecule has 1 aliphatic carbocycles. The summed E-state index contributed by atoms with van der Waals surface area (Å²) in [7, 11) is 0. The summed E-state index contributed by atoms with van der Waals surface area (Å²) in [6.07, 6.45) is 3.41. The van der Waals surface area contributed by atoms with Gasteiger partial charge in [0.1, 0.15) is 14.9 Å². The number of nitrogens with zero attached hydrogens (tertiary/aromatic N) is 3. The minimum Gasteiger partial charge on any atom is -0.378 e. The number of nitrogens with one attached hydrogen (secondary N) is 2. The normalized spacial score (nSPS) is 16.9. The van der Waals surface area contributed by atoms with E-state index in [1.807, 2.05) is 0 Å². The summed E-state index contributed by atoms with van der Waals surface area (Å²) in [5.41, 5.74) is 0.671. The lowest BCUT2D eigenvalue weighted by Crippen LogP contribution is -2.40. The number of carbonyl (C=O) groups excluding carboxylic acids is 2. The van der Waals surface area contributed by atoms with E-state index in [1.54, 1.807) is 11.8 Å². The van der Waals surface area contributed by atoms with E-state index in [0.29, 0.717) is 57.8 Å². The average molecular weight is 442 g/mol. The highest BCUT2D eigenvalue weighted by Gasteiger charge is 2.26. The smallest absolute Gasteiger partial charge is 0.326 e. The first-order chi connectivity index (χ1) is 13.5. The molecular formula is C17H20ClN5O3S2. The van der Waals surface area contributed by atoms with Crippen molar-refractivity contribution in [3.63, 3.8) is 0 Å². The molecule has 4 rings (SSSR count). The van der Waals surface area contributed by atoms with E-state index in [9.17, 15) is 9.59 Å². The third kappa shape index (κ3) is 4.45. The van der Waals surface area contributed by atoms with E-state index >= 15 is 0 Å². The number of hydrogen-bond acceptors (Lipinski definition) is 7. The molecule has 3 amide bonds. The van der Waals surface area contributed by atoms with Gasteiger partial charge in [-0.3, -0.25) is 15.4 Å². The maximum Gasteiger partial charge on any atom is 0.326 e. The fourth-order valence-electron chi connectivity index (χ4n) is 2.85. The van der Waals surface area contributed by atoms with Crippen LogP contribution in [0.15, 0.2) is 0 Å². The second kappa shape index (κ2) is 8.32. The Morgan fingerprint density at radius 3 is 2.68 bits per heavy atom. The van der Waals surface area contributed by atoms with E-state index in [0.717, 1.165) is 11.4 Å². The Morgan fingerprint density at radius 2 is 1.96 bits per heavy atom. The molecule has 0 radical (unpaired) electrons. The van der Waals surface area contributed by atoms with Crippen LogP contribution in [0.1, 0.15) is 33.1 Å².